The molecule has 0 radical (unpaired) electrons. The Labute approximate surface area is 244 Å². The molecule has 2 atom stereocenters. The fourth-order valence-electron chi connectivity index (χ4n) is 5.39. The first-order valence-electron chi connectivity index (χ1n) is 14.7. The standard InChI is InChI=1S/C33H46N4O4/c1-23-18-24(2)22-37(21-23)16-7-17-40-31-20-28-27(19-30(31)39-6)29(12-14-34-28)41-26-10-8-25(9-11-26)36-32(38)35-15-13-33(3,4)5/h8-12,14,19-20,23-24H,7,13,15-18,21-22H2,1-6H3,(H2,35,36,38). The van der Waals surface area contributed by atoms with Gasteiger partial charge in [0.05, 0.1) is 19.2 Å². The molecule has 41 heavy (non-hydrogen) atoms. The Morgan fingerprint density at radius 1 is 1.02 bits per heavy atom. The number of carbonyl (C=O) groups is 1. The maximum Gasteiger partial charge on any atom is 0.319 e. The lowest BCUT2D eigenvalue weighted by Gasteiger charge is -2.34. The van der Waals surface area contributed by atoms with Gasteiger partial charge in [-0.3, -0.25) is 4.98 Å². The quantitative estimate of drug-likeness (QED) is 0.238. The van der Waals surface area contributed by atoms with Crippen LogP contribution in [-0.2, 0) is 0 Å². The summed E-state index contributed by atoms with van der Waals surface area (Å²) in [5.41, 5.74) is 1.63. The summed E-state index contributed by atoms with van der Waals surface area (Å²) in [6, 6.07) is 12.7. The number of hydrogen-bond donors (Lipinski definition) is 2. The Morgan fingerprint density at radius 3 is 2.44 bits per heavy atom. The molecule has 2 heterocycles. The number of nitrogens with zero attached hydrogens (tertiary/aromatic N) is 2. The maximum absolute atomic E-state index is 12.2. The fourth-order valence-corrected chi connectivity index (χ4v) is 5.39. The van der Waals surface area contributed by atoms with Crippen LogP contribution >= 0.6 is 0 Å². The number of carbonyl (C=O) groups excluding carboxylic acids is 1. The highest BCUT2D eigenvalue weighted by molar-refractivity contribution is 5.89. The van der Waals surface area contributed by atoms with E-state index in [1.54, 1.807) is 13.3 Å². The van der Waals surface area contributed by atoms with Gasteiger partial charge < -0.3 is 29.7 Å². The van der Waals surface area contributed by atoms with Gasteiger partial charge in [-0.15, -0.1) is 0 Å². The molecule has 1 aromatic heterocycles. The highest BCUT2D eigenvalue weighted by Gasteiger charge is 2.21. The number of piperidine rings is 1. The number of amides is 2. The van der Waals surface area contributed by atoms with Crippen molar-refractivity contribution in [3.05, 3.63) is 48.7 Å². The third kappa shape index (κ3) is 9.25. The van der Waals surface area contributed by atoms with Crippen molar-refractivity contribution in [1.82, 2.24) is 15.2 Å². The summed E-state index contributed by atoms with van der Waals surface area (Å²) < 4.78 is 18.0. The minimum absolute atomic E-state index is 0.173. The average molecular weight is 563 g/mol. The zero-order valence-electron chi connectivity index (χ0n) is 25.5. The summed E-state index contributed by atoms with van der Waals surface area (Å²) in [4.78, 5) is 19.3. The highest BCUT2D eigenvalue weighted by Crippen LogP contribution is 2.37. The molecule has 1 fully saturated rings. The van der Waals surface area contributed by atoms with E-state index in [0.717, 1.165) is 42.1 Å². The number of anilines is 1. The number of fused-ring (bicyclic) bond motifs is 1. The molecule has 1 aliphatic heterocycles. The fraction of sp³-hybridized carbons (Fsp3) is 0.515. The molecule has 8 nitrogen and oxygen atoms in total. The van der Waals surface area contributed by atoms with Crippen molar-refractivity contribution >= 4 is 22.6 Å². The SMILES string of the molecule is COc1cc2c(Oc3ccc(NC(=O)NCCC(C)(C)C)cc3)ccnc2cc1OCCCN1CC(C)CC(C)C1. The van der Waals surface area contributed by atoms with Crippen LogP contribution in [0.15, 0.2) is 48.7 Å². The van der Waals surface area contributed by atoms with E-state index in [-0.39, 0.29) is 11.4 Å². The van der Waals surface area contributed by atoms with Crippen molar-refractivity contribution in [3.63, 3.8) is 0 Å². The van der Waals surface area contributed by atoms with Gasteiger partial charge in [0.1, 0.15) is 11.5 Å². The molecule has 0 spiro atoms. The van der Waals surface area contributed by atoms with E-state index in [1.807, 2.05) is 42.5 Å². The predicted molar refractivity (Wildman–Crippen MR) is 165 cm³/mol. The first-order valence-corrected chi connectivity index (χ1v) is 14.7. The average Bonchev–Trinajstić information content (AvgIpc) is 2.90. The number of benzene rings is 2. The van der Waals surface area contributed by atoms with Crippen molar-refractivity contribution in [2.75, 3.05) is 45.2 Å². The minimum Gasteiger partial charge on any atom is -0.493 e. The lowest BCUT2D eigenvalue weighted by atomic mass is 9.92. The van der Waals surface area contributed by atoms with E-state index in [4.69, 9.17) is 14.2 Å². The van der Waals surface area contributed by atoms with Crippen LogP contribution in [0, 0.1) is 17.3 Å². The van der Waals surface area contributed by atoms with E-state index < -0.39 is 0 Å². The van der Waals surface area contributed by atoms with Crippen LogP contribution in [0.25, 0.3) is 10.9 Å². The maximum atomic E-state index is 12.2. The van der Waals surface area contributed by atoms with Crippen LogP contribution in [0.3, 0.4) is 0 Å². The Kier molecular flexibility index (Phi) is 10.3. The summed E-state index contributed by atoms with van der Waals surface area (Å²) in [6.45, 7) is 15.8. The van der Waals surface area contributed by atoms with Crippen LogP contribution in [0.2, 0.25) is 0 Å². The molecular formula is C33H46N4O4. The Balaban J connectivity index is 1.35. The molecule has 0 bridgehead atoms. The van der Waals surface area contributed by atoms with E-state index >= 15 is 0 Å². The zero-order chi connectivity index (χ0) is 29.4. The highest BCUT2D eigenvalue weighted by atomic mass is 16.5. The van der Waals surface area contributed by atoms with Crippen molar-refractivity contribution in [2.45, 2.75) is 53.9 Å². The van der Waals surface area contributed by atoms with Gasteiger partial charge in [-0.2, -0.15) is 0 Å². The second-order valence-electron chi connectivity index (χ2n) is 12.6. The number of pyridine rings is 1. The molecule has 222 valence electrons. The van der Waals surface area contributed by atoms with Crippen LogP contribution in [0.5, 0.6) is 23.0 Å². The lowest BCUT2D eigenvalue weighted by molar-refractivity contribution is 0.132. The number of nitrogens with one attached hydrogen (secondary N) is 2. The zero-order valence-corrected chi connectivity index (χ0v) is 25.5. The topological polar surface area (TPSA) is 85.0 Å². The van der Waals surface area contributed by atoms with Crippen LogP contribution in [-0.4, -0.2) is 55.8 Å². The number of likely N-dealkylation sites (tertiary alicyclic amines) is 1. The van der Waals surface area contributed by atoms with E-state index in [0.29, 0.717) is 41.8 Å². The minimum atomic E-state index is -0.219. The molecule has 0 aliphatic carbocycles. The van der Waals surface area contributed by atoms with E-state index in [2.05, 4.69) is 55.1 Å². The Morgan fingerprint density at radius 2 is 1.76 bits per heavy atom. The van der Waals surface area contributed by atoms with Gasteiger partial charge in [-0.25, -0.2) is 4.79 Å². The molecular weight excluding hydrogens is 516 g/mol. The Bertz CT molecular complexity index is 1280. The summed E-state index contributed by atoms with van der Waals surface area (Å²) in [5, 5.41) is 6.59. The number of urea groups is 1. The van der Waals surface area contributed by atoms with Gasteiger partial charge in [0, 0.05) is 49.5 Å². The summed E-state index contributed by atoms with van der Waals surface area (Å²) in [6.07, 6.45) is 4.91. The molecule has 1 saturated heterocycles. The molecule has 2 aromatic carbocycles. The molecule has 8 heteroatoms. The van der Waals surface area contributed by atoms with Crippen molar-refractivity contribution in [1.29, 1.82) is 0 Å². The van der Waals surface area contributed by atoms with Gasteiger partial charge in [0.2, 0.25) is 0 Å². The van der Waals surface area contributed by atoms with Gasteiger partial charge in [-0.05, 0) is 72.9 Å². The van der Waals surface area contributed by atoms with Crippen molar-refractivity contribution in [3.8, 4) is 23.0 Å². The lowest BCUT2D eigenvalue weighted by Crippen LogP contribution is -2.39. The molecule has 1 aliphatic rings. The van der Waals surface area contributed by atoms with E-state index in [9.17, 15) is 4.79 Å². The molecule has 4 rings (SSSR count). The molecule has 2 unspecified atom stereocenters. The third-order valence-corrected chi connectivity index (χ3v) is 7.31. The molecule has 2 amide bonds. The van der Waals surface area contributed by atoms with E-state index in [1.165, 1.54) is 19.5 Å². The normalized spacial score (nSPS) is 17.7. The van der Waals surface area contributed by atoms with Crippen LogP contribution < -0.4 is 24.8 Å². The monoisotopic (exact) mass is 562 g/mol. The molecule has 3 aromatic rings. The third-order valence-electron chi connectivity index (χ3n) is 7.31. The number of hydrogen-bond acceptors (Lipinski definition) is 6. The molecule has 2 N–H and O–H groups in total. The van der Waals surface area contributed by atoms with Crippen molar-refractivity contribution < 1.29 is 19.0 Å². The van der Waals surface area contributed by atoms with Crippen LogP contribution in [0.1, 0.15) is 53.9 Å². The van der Waals surface area contributed by atoms with Gasteiger partial charge in [0.25, 0.3) is 0 Å². The van der Waals surface area contributed by atoms with Gasteiger partial charge in [0.15, 0.2) is 11.5 Å². The van der Waals surface area contributed by atoms with Crippen molar-refractivity contribution in [2.24, 2.45) is 17.3 Å². The number of rotatable bonds is 11. The largest absolute Gasteiger partial charge is 0.493 e. The van der Waals surface area contributed by atoms with Crippen LogP contribution in [0.4, 0.5) is 10.5 Å². The number of aromatic nitrogens is 1. The second-order valence-corrected chi connectivity index (χ2v) is 12.6. The first-order chi connectivity index (χ1) is 19.6. The second kappa shape index (κ2) is 13.9. The predicted octanol–water partition coefficient (Wildman–Crippen LogP) is 7.34. The smallest absolute Gasteiger partial charge is 0.319 e. The van der Waals surface area contributed by atoms with Gasteiger partial charge >= 0.3 is 6.03 Å². The summed E-state index contributed by atoms with van der Waals surface area (Å²) in [5.74, 6) is 4.15. The Hall–Kier alpha value is -3.52. The molecule has 0 saturated carbocycles. The van der Waals surface area contributed by atoms with Gasteiger partial charge in [-0.1, -0.05) is 34.6 Å². The number of methoxy groups -OCH3 is 1. The number of ether oxygens (including phenoxy) is 3. The summed E-state index contributed by atoms with van der Waals surface area (Å²) >= 11 is 0. The first kappa shape index (κ1) is 30.4. The summed E-state index contributed by atoms with van der Waals surface area (Å²) in [7, 11) is 1.65.